The smallest absolute Gasteiger partial charge is 0.275 e. The van der Waals surface area contributed by atoms with Gasteiger partial charge in [0.2, 0.25) is 0 Å². The number of aryl methyl sites for hydroxylation is 2. The molecule has 0 atom stereocenters. The zero-order chi connectivity index (χ0) is 16.7. The Morgan fingerprint density at radius 3 is 2.74 bits per heavy atom. The normalized spacial score (nSPS) is 10.4. The molecule has 6 nitrogen and oxygen atoms in total. The first-order chi connectivity index (χ1) is 11.1. The Balaban J connectivity index is 1.96. The molecule has 0 aliphatic rings. The van der Waals surface area contributed by atoms with E-state index in [1.807, 2.05) is 32.0 Å². The molecular formula is C17H22N4O2. The van der Waals surface area contributed by atoms with E-state index in [1.54, 1.807) is 13.3 Å². The van der Waals surface area contributed by atoms with E-state index in [0.29, 0.717) is 12.4 Å². The standard InChI is InChI=1S/C17H22N4O2/c1-12-5-6-13(2)14(9-12)21-17(22)15-10-20-16(11-19-15)18-7-4-8-23-3/h5-6,9-11H,4,7-8H2,1-3H3,(H,18,20)(H,21,22). The van der Waals surface area contributed by atoms with Crippen molar-refractivity contribution in [3.8, 4) is 0 Å². The van der Waals surface area contributed by atoms with Crippen molar-refractivity contribution in [1.29, 1.82) is 0 Å². The maximum Gasteiger partial charge on any atom is 0.275 e. The summed E-state index contributed by atoms with van der Waals surface area (Å²) >= 11 is 0. The minimum Gasteiger partial charge on any atom is -0.385 e. The third kappa shape index (κ3) is 5.03. The van der Waals surface area contributed by atoms with E-state index in [4.69, 9.17) is 4.74 Å². The summed E-state index contributed by atoms with van der Waals surface area (Å²) in [5.41, 5.74) is 3.17. The number of ether oxygens (including phenoxy) is 1. The molecule has 0 radical (unpaired) electrons. The molecule has 0 fully saturated rings. The van der Waals surface area contributed by atoms with Gasteiger partial charge in [0, 0.05) is 25.9 Å². The van der Waals surface area contributed by atoms with Gasteiger partial charge in [-0.2, -0.15) is 0 Å². The topological polar surface area (TPSA) is 76.1 Å². The first-order valence-corrected chi connectivity index (χ1v) is 7.53. The Kier molecular flexibility index (Phi) is 6.05. The van der Waals surface area contributed by atoms with E-state index < -0.39 is 0 Å². The number of hydrogen-bond donors (Lipinski definition) is 2. The van der Waals surface area contributed by atoms with E-state index in [0.717, 1.165) is 29.8 Å². The molecule has 0 spiro atoms. The van der Waals surface area contributed by atoms with Crippen LogP contribution in [-0.2, 0) is 4.74 Å². The lowest BCUT2D eigenvalue weighted by atomic mass is 10.1. The van der Waals surface area contributed by atoms with Crippen LogP contribution in [0.1, 0.15) is 28.0 Å². The Labute approximate surface area is 136 Å². The summed E-state index contributed by atoms with van der Waals surface area (Å²) in [6.07, 6.45) is 3.91. The highest BCUT2D eigenvalue weighted by molar-refractivity contribution is 6.03. The zero-order valence-corrected chi connectivity index (χ0v) is 13.7. The van der Waals surface area contributed by atoms with Crippen LogP contribution in [0.4, 0.5) is 11.5 Å². The molecule has 2 rings (SSSR count). The van der Waals surface area contributed by atoms with Crippen LogP contribution in [0.2, 0.25) is 0 Å². The van der Waals surface area contributed by atoms with Crippen LogP contribution in [0, 0.1) is 13.8 Å². The predicted octanol–water partition coefficient (Wildman–Crippen LogP) is 2.79. The number of rotatable bonds is 7. The van der Waals surface area contributed by atoms with Crippen LogP contribution < -0.4 is 10.6 Å². The molecular weight excluding hydrogens is 292 g/mol. The Morgan fingerprint density at radius 2 is 2.04 bits per heavy atom. The molecule has 0 aliphatic carbocycles. The molecule has 122 valence electrons. The highest BCUT2D eigenvalue weighted by Gasteiger charge is 2.10. The summed E-state index contributed by atoms with van der Waals surface area (Å²) in [6, 6.07) is 5.92. The largest absolute Gasteiger partial charge is 0.385 e. The number of nitrogens with one attached hydrogen (secondary N) is 2. The lowest BCUT2D eigenvalue weighted by molar-refractivity contribution is 0.102. The number of anilines is 2. The molecule has 1 amide bonds. The molecule has 2 N–H and O–H groups in total. The van der Waals surface area contributed by atoms with Crippen LogP contribution in [0.5, 0.6) is 0 Å². The van der Waals surface area contributed by atoms with Crippen molar-refractivity contribution in [3.63, 3.8) is 0 Å². The van der Waals surface area contributed by atoms with Crippen molar-refractivity contribution < 1.29 is 9.53 Å². The second-order valence-corrected chi connectivity index (χ2v) is 5.33. The van der Waals surface area contributed by atoms with Crippen molar-refractivity contribution in [2.24, 2.45) is 0 Å². The van der Waals surface area contributed by atoms with E-state index in [9.17, 15) is 4.79 Å². The van der Waals surface area contributed by atoms with Crippen molar-refractivity contribution in [3.05, 3.63) is 47.4 Å². The second-order valence-electron chi connectivity index (χ2n) is 5.33. The summed E-state index contributed by atoms with van der Waals surface area (Å²) in [6.45, 7) is 5.38. The van der Waals surface area contributed by atoms with Gasteiger partial charge >= 0.3 is 0 Å². The van der Waals surface area contributed by atoms with Crippen molar-refractivity contribution in [2.75, 3.05) is 30.9 Å². The molecule has 1 aromatic heterocycles. The third-order valence-electron chi connectivity index (χ3n) is 3.36. The van der Waals surface area contributed by atoms with Gasteiger partial charge in [0.05, 0.1) is 12.4 Å². The molecule has 1 aromatic carbocycles. The maximum atomic E-state index is 12.2. The third-order valence-corrected chi connectivity index (χ3v) is 3.36. The quantitative estimate of drug-likeness (QED) is 0.769. The van der Waals surface area contributed by atoms with E-state index in [-0.39, 0.29) is 11.6 Å². The minimum atomic E-state index is -0.267. The highest BCUT2D eigenvalue weighted by Crippen LogP contribution is 2.17. The van der Waals surface area contributed by atoms with Crippen LogP contribution >= 0.6 is 0 Å². The number of hydrogen-bond acceptors (Lipinski definition) is 5. The van der Waals surface area contributed by atoms with Gasteiger partial charge in [-0.25, -0.2) is 9.97 Å². The Morgan fingerprint density at radius 1 is 1.22 bits per heavy atom. The SMILES string of the molecule is COCCCNc1cnc(C(=O)Nc2cc(C)ccc2C)cn1. The molecule has 0 aliphatic heterocycles. The molecule has 1 heterocycles. The Bertz CT molecular complexity index is 656. The van der Waals surface area contributed by atoms with Crippen LogP contribution in [0.3, 0.4) is 0 Å². The lowest BCUT2D eigenvalue weighted by Gasteiger charge is -2.09. The summed E-state index contributed by atoms with van der Waals surface area (Å²) in [7, 11) is 1.67. The first kappa shape index (κ1) is 16.9. The summed E-state index contributed by atoms with van der Waals surface area (Å²) in [4.78, 5) is 20.6. The molecule has 0 unspecified atom stereocenters. The van der Waals surface area contributed by atoms with Gasteiger partial charge in [-0.3, -0.25) is 4.79 Å². The van der Waals surface area contributed by atoms with Crippen molar-refractivity contribution in [1.82, 2.24) is 9.97 Å². The summed E-state index contributed by atoms with van der Waals surface area (Å²) in [5.74, 6) is 0.376. The number of nitrogens with zero attached hydrogens (tertiary/aromatic N) is 2. The number of amides is 1. The Hall–Kier alpha value is -2.47. The van der Waals surface area contributed by atoms with Gasteiger partial charge in [0.25, 0.3) is 5.91 Å². The van der Waals surface area contributed by atoms with Gasteiger partial charge in [-0.15, -0.1) is 0 Å². The van der Waals surface area contributed by atoms with Crippen LogP contribution in [-0.4, -0.2) is 36.1 Å². The predicted molar refractivity (Wildman–Crippen MR) is 90.9 cm³/mol. The molecule has 6 heteroatoms. The maximum absolute atomic E-state index is 12.2. The fraction of sp³-hybridized carbons (Fsp3) is 0.353. The minimum absolute atomic E-state index is 0.267. The van der Waals surface area contributed by atoms with Gasteiger partial charge in [-0.05, 0) is 37.5 Å². The molecule has 0 saturated heterocycles. The fourth-order valence-corrected chi connectivity index (χ4v) is 2.03. The fourth-order valence-electron chi connectivity index (χ4n) is 2.03. The number of benzene rings is 1. The van der Waals surface area contributed by atoms with E-state index in [2.05, 4.69) is 20.6 Å². The van der Waals surface area contributed by atoms with Crippen LogP contribution in [0.15, 0.2) is 30.6 Å². The summed E-state index contributed by atoms with van der Waals surface area (Å²) in [5, 5.41) is 5.99. The number of methoxy groups -OCH3 is 1. The molecule has 0 bridgehead atoms. The average Bonchev–Trinajstić information content (AvgIpc) is 2.55. The van der Waals surface area contributed by atoms with Crippen LogP contribution in [0.25, 0.3) is 0 Å². The molecule has 23 heavy (non-hydrogen) atoms. The van der Waals surface area contributed by atoms with Crippen molar-refractivity contribution >= 4 is 17.4 Å². The lowest BCUT2D eigenvalue weighted by Crippen LogP contribution is -2.15. The van der Waals surface area contributed by atoms with Gasteiger partial charge in [-0.1, -0.05) is 12.1 Å². The average molecular weight is 314 g/mol. The highest BCUT2D eigenvalue weighted by atomic mass is 16.5. The first-order valence-electron chi connectivity index (χ1n) is 7.53. The molecule has 2 aromatic rings. The van der Waals surface area contributed by atoms with Gasteiger partial charge < -0.3 is 15.4 Å². The van der Waals surface area contributed by atoms with Gasteiger partial charge in [0.1, 0.15) is 11.5 Å². The summed E-state index contributed by atoms with van der Waals surface area (Å²) < 4.78 is 4.98. The number of carbonyl (C=O) groups excluding carboxylic acids is 1. The van der Waals surface area contributed by atoms with E-state index in [1.165, 1.54) is 6.20 Å². The second kappa shape index (κ2) is 8.24. The zero-order valence-electron chi connectivity index (χ0n) is 13.7. The number of aromatic nitrogens is 2. The van der Waals surface area contributed by atoms with Crippen molar-refractivity contribution in [2.45, 2.75) is 20.3 Å². The number of carbonyl (C=O) groups is 1. The van der Waals surface area contributed by atoms with E-state index >= 15 is 0 Å². The van der Waals surface area contributed by atoms with Gasteiger partial charge in [0.15, 0.2) is 0 Å². The molecule has 0 saturated carbocycles. The monoisotopic (exact) mass is 314 g/mol.